The Morgan fingerprint density at radius 1 is 1.37 bits per heavy atom. The minimum atomic E-state index is 0.197. The fourth-order valence-corrected chi connectivity index (χ4v) is 4.64. The average Bonchev–Trinajstić information content (AvgIpc) is 3.01. The first-order chi connectivity index (χ1) is 9.33. The highest BCUT2D eigenvalue weighted by atomic mass is 32.1. The summed E-state index contributed by atoms with van der Waals surface area (Å²) < 4.78 is 6.09. The molecular weight excluding hydrogens is 256 g/mol. The molecule has 1 aromatic heterocycles. The van der Waals surface area contributed by atoms with Crippen LogP contribution in [0.5, 0.6) is 0 Å². The van der Waals surface area contributed by atoms with Crippen LogP contribution in [-0.2, 0) is 11.3 Å². The van der Waals surface area contributed by atoms with Crippen LogP contribution >= 0.6 is 11.3 Å². The average molecular weight is 278 g/mol. The topological polar surface area (TPSA) is 25.4 Å². The molecule has 19 heavy (non-hydrogen) atoms. The molecular formula is C15H22N2OS. The molecule has 3 fully saturated rings. The third-order valence-corrected chi connectivity index (χ3v) is 5.86. The minimum Gasteiger partial charge on any atom is -0.372 e. The van der Waals surface area contributed by atoms with Crippen molar-refractivity contribution in [1.29, 1.82) is 0 Å². The maximum Gasteiger partial charge on any atom is 0.0959 e. The molecule has 3 nitrogen and oxygen atoms in total. The monoisotopic (exact) mass is 278 g/mol. The third-order valence-electron chi connectivity index (χ3n) is 4.72. The summed E-state index contributed by atoms with van der Waals surface area (Å²) in [4.78, 5) is 8.62. The SMILES string of the molecule is c1nc(C2CC2)sc1CN1CCOC2(CCCC2)C1. The van der Waals surface area contributed by atoms with Gasteiger partial charge in [0.2, 0.25) is 0 Å². The molecule has 3 aliphatic rings. The van der Waals surface area contributed by atoms with Gasteiger partial charge >= 0.3 is 0 Å². The van der Waals surface area contributed by atoms with Crippen LogP contribution in [0.1, 0.15) is 54.3 Å². The van der Waals surface area contributed by atoms with E-state index < -0.39 is 0 Å². The molecule has 0 N–H and O–H groups in total. The number of thiazole rings is 1. The van der Waals surface area contributed by atoms with E-state index in [0.717, 1.165) is 32.2 Å². The van der Waals surface area contributed by atoms with E-state index >= 15 is 0 Å². The Hall–Kier alpha value is -0.450. The number of nitrogens with zero attached hydrogens (tertiary/aromatic N) is 2. The number of ether oxygens (including phenoxy) is 1. The van der Waals surface area contributed by atoms with Crippen LogP contribution in [0, 0.1) is 0 Å². The molecule has 0 radical (unpaired) electrons. The van der Waals surface area contributed by atoms with E-state index in [1.165, 1.54) is 48.4 Å². The predicted molar refractivity (Wildman–Crippen MR) is 76.5 cm³/mol. The summed E-state index contributed by atoms with van der Waals surface area (Å²) in [7, 11) is 0. The Balaban J connectivity index is 1.40. The van der Waals surface area contributed by atoms with Gasteiger partial charge in [-0.15, -0.1) is 11.3 Å². The molecule has 1 aromatic rings. The Labute approximate surface area is 119 Å². The normalized spacial score (nSPS) is 27.2. The highest BCUT2D eigenvalue weighted by Gasteiger charge is 2.39. The molecule has 1 saturated heterocycles. The summed E-state index contributed by atoms with van der Waals surface area (Å²) in [5.41, 5.74) is 0.197. The zero-order valence-electron chi connectivity index (χ0n) is 11.4. The maximum atomic E-state index is 6.09. The standard InChI is InChI=1S/C15H22N2OS/c1-2-6-15(5-1)11-17(7-8-18-15)10-13-9-16-14(19-13)12-3-4-12/h9,12H,1-8,10-11H2. The third kappa shape index (κ3) is 2.58. The summed E-state index contributed by atoms with van der Waals surface area (Å²) >= 11 is 1.93. The van der Waals surface area contributed by atoms with Crippen LogP contribution in [0.2, 0.25) is 0 Å². The van der Waals surface area contributed by atoms with Crippen molar-refractivity contribution in [2.45, 2.75) is 56.6 Å². The van der Waals surface area contributed by atoms with Gasteiger partial charge in [0.1, 0.15) is 0 Å². The Kier molecular flexibility index (Phi) is 3.13. The summed E-state index contributed by atoms with van der Waals surface area (Å²) in [6.45, 7) is 4.20. The van der Waals surface area contributed by atoms with Crippen molar-refractivity contribution < 1.29 is 4.74 Å². The van der Waals surface area contributed by atoms with E-state index in [1.54, 1.807) is 0 Å². The van der Waals surface area contributed by atoms with E-state index in [2.05, 4.69) is 16.1 Å². The molecule has 2 saturated carbocycles. The second kappa shape index (κ2) is 4.83. The lowest BCUT2D eigenvalue weighted by atomic mass is 10.00. The molecule has 2 aliphatic carbocycles. The van der Waals surface area contributed by atoms with Gasteiger partial charge in [0.15, 0.2) is 0 Å². The number of hydrogen-bond acceptors (Lipinski definition) is 4. The van der Waals surface area contributed by atoms with Crippen LogP contribution in [-0.4, -0.2) is 35.2 Å². The lowest BCUT2D eigenvalue weighted by Crippen LogP contribution is -2.49. The van der Waals surface area contributed by atoms with Gasteiger partial charge in [-0.05, 0) is 25.7 Å². The van der Waals surface area contributed by atoms with Gasteiger partial charge < -0.3 is 4.74 Å². The van der Waals surface area contributed by atoms with Crippen LogP contribution in [0.25, 0.3) is 0 Å². The van der Waals surface area contributed by atoms with E-state index in [0.29, 0.717) is 0 Å². The Morgan fingerprint density at radius 2 is 2.21 bits per heavy atom. The van der Waals surface area contributed by atoms with E-state index in [-0.39, 0.29) is 5.60 Å². The number of hydrogen-bond donors (Lipinski definition) is 0. The van der Waals surface area contributed by atoms with Crippen LogP contribution in [0.3, 0.4) is 0 Å². The first-order valence-corrected chi connectivity index (χ1v) is 8.46. The lowest BCUT2D eigenvalue weighted by molar-refractivity contribution is -0.106. The lowest BCUT2D eigenvalue weighted by Gasteiger charge is -2.40. The molecule has 104 valence electrons. The van der Waals surface area contributed by atoms with Crippen LogP contribution < -0.4 is 0 Å². The van der Waals surface area contributed by atoms with Gasteiger partial charge in [0, 0.05) is 36.6 Å². The van der Waals surface area contributed by atoms with Crippen molar-refractivity contribution in [3.05, 3.63) is 16.1 Å². The fourth-order valence-electron chi connectivity index (χ4n) is 3.52. The number of morpholine rings is 1. The van der Waals surface area contributed by atoms with Gasteiger partial charge in [-0.2, -0.15) is 0 Å². The smallest absolute Gasteiger partial charge is 0.0959 e. The van der Waals surface area contributed by atoms with Crippen LogP contribution in [0.4, 0.5) is 0 Å². The Bertz CT molecular complexity index is 449. The zero-order chi connectivity index (χ0) is 12.7. The summed E-state index contributed by atoms with van der Waals surface area (Å²) in [6.07, 6.45) is 10.0. The van der Waals surface area contributed by atoms with Crippen molar-refractivity contribution in [2.24, 2.45) is 0 Å². The quantitative estimate of drug-likeness (QED) is 0.849. The zero-order valence-corrected chi connectivity index (χ0v) is 12.3. The van der Waals surface area contributed by atoms with Crippen molar-refractivity contribution in [3.63, 3.8) is 0 Å². The molecule has 0 unspecified atom stereocenters. The summed E-state index contributed by atoms with van der Waals surface area (Å²) in [6, 6.07) is 0. The van der Waals surface area contributed by atoms with Crippen LogP contribution in [0.15, 0.2) is 6.20 Å². The molecule has 1 spiro atoms. The van der Waals surface area contributed by atoms with Crippen molar-refractivity contribution in [3.8, 4) is 0 Å². The Morgan fingerprint density at radius 3 is 3.00 bits per heavy atom. The fraction of sp³-hybridized carbons (Fsp3) is 0.800. The predicted octanol–water partition coefficient (Wildman–Crippen LogP) is 3.17. The summed E-state index contributed by atoms with van der Waals surface area (Å²) in [5.74, 6) is 0.796. The van der Waals surface area contributed by atoms with Gasteiger partial charge in [0.05, 0.1) is 17.2 Å². The second-order valence-electron chi connectivity index (χ2n) is 6.39. The number of aromatic nitrogens is 1. The highest BCUT2D eigenvalue weighted by Crippen LogP contribution is 2.42. The second-order valence-corrected chi connectivity index (χ2v) is 7.54. The van der Waals surface area contributed by atoms with Crippen molar-refractivity contribution in [2.75, 3.05) is 19.7 Å². The first-order valence-electron chi connectivity index (χ1n) is 7.64. The largest absolute Gasteiger partial charge is 0.372 e. The van der Waals surface area contributed by atoms with E-state index in [4.69, 9.17) is 4.74 Å². The van der Waals surface area contributed by atoms with E-state index in [1.807, 2.05) is 11.3 Å². The van der Waals surface area contributed by atoms with Gasteiger partial charge in [0.25, 0.3) is 0 Å². The molecule has 0 amide bonds. The molecule has 2 heterocycles. The van der Waals surface area contributed by atoms with Gasteiger partial charge in [-0.1, -0.05) is 12.8 Å². The van der Waals surface area contributed by atoms with Crippen molar-refractivity contribution in [1.82, 2.24) is 9.88 Å². The molecule has 4 rings (SSSR count). The highest BCUT2D eigenvalue weighted by molar-refractivity contribution is 7.11. The minimum absolute atomic E-state index is 0.197. The van der Waals surface area contributed by atoms with Gasteiger partial charge in [-0.3, -0.25) is 4.90 Å². The molecule has 4 heteroatoms. The molecule has 1 aliphatic heterocycles. The van der Waals surface area contributed by atoms with E-state index in [9.17, 15) is 0 Å². The number of rotatable bonds is 3. The molecule has 0 aromatic carbocycles. The molecule has 0 atom stereocenters. The van der Waals surface area contributed by atoms with Gasteiger partial charge in [-0.25, -0.2) is 4.98 Å². The molecule has 0 bridgehead atoms. The van der Waals surface area contributed by atoms with Crippen molar-refractivity contribution >= 4 is 11.3 Å². The summed E-state index contributed by atoms with van der Waals surface area (Å²) in [5, 5.41) is 1.37. The first kappa shape index (κ1) is 12.3. The maximum absolute atomic E-state index is 6.09.